The normalized spacial score (nSPS) is 10.3. The molecular weight excluding hydrogens is 272 g/mol. The fourth-order valence-corrected chi connectivity index (χ4v) is 1.82. The molecule has 16 heavy (non-hydrogen) atoms. The van der Waals surface area contributed by atoms with Crippen molar-refractivity contribution in [3.05, 3.63) is 40.5 Å². The number of aromatic nitrogens is 2. The molecule has 6 heteroatoms. The molecule has 1 amide bonds. The molecular formula is C10H9BrN4O. The number of anilines is 1. The molecule has 0 spiro atoms. The number of carbonyl (C=O) groups is 1. The molecule has 0 aliphatic heterocycles. The fourth-order valence-electron chi connectivity index (χ4n) is 1.36. The van der Waals surface area contributed by atoms with Crippen molar-refractivity contribution in [3.8, 4) is 5.69 Å². The smallest absolute Gasteiger partial charge is 0.254 e. The Morgan fingerprint density at radius 1 is 1.38 bits per heavy atom. The van der Waals surface area contributed by atoms with Crippen molar-refractivity contribution in [1.29, 1.82) is 0 Å². The van der Waals surface area contributed by atoms with Crippen LogP contribution in [0.25, 0.3) is 5.69 Å². The Hall–Kier alpha value is -1.82. The summed E-state index contributed by atoms with van der Waals surface area (Å²) in [5.41, 5.74) is 11.9. The number of hydrogen-bond acceptors (Lipinski definition) is 3. The topological polar surface area (TPSA) is 86.9 Å². The molecule has 0 unspecified atom stereocenters. The zero-order valence-corrected chi connectivity index (χ0v) is 9.81. The van der Waals surface area contributed by atoms with E-state index in [0.29, 0.717) is 0 Å². The van der Waals surface area contributed by atoms with Crippen LogP contribution in [-0.4, -0.2) is 15.7 Å². The highest BCUT2D eigenvalue weighted by molar-refractivity contribution is 9.10. The lowest BCUT2D eigenvalue weighted by atomic mass is 10.3. The van der Waals surface area contributed by atoms with Gasteiger partial charge in [0.15, 0.2) is 0 Å². The van der Waals surface area contributed by atoms with Gasteiger partial charge in [-0.15, -0.1) is 0 Å². The second-order valence-electron chi connectivity index (χ2n) is 3.17. The zero-order chi connectivity index (χ0) is 11.7. The van der Waals surface area contributed by atoms with E-state index in [1.165, 1.54) is 10.9 Å². The number of primary amides is 1. The van der Waals surface area contributed by atoms with Gasteiger partial charge in [0.2, 0.25) is 0 Å². The number of carbonyl (C=O) groups excluding carboxylic acids is 1. The lowest BCUT2D eigenvalue weighted by Crippen LogP contribution is -2.13. The zero-order valence-electron chi connectivity index (χ0n) is 8.22. The average Bonchev–Trinajstić information content (AvgIpc) is 2.61. The number of halogens is 1. The quantitative estimate of drug-likeness (QED) is 0.870. The van der Waals surface area contributed by atoms with Gasteiger partial charge in [0.1, 0.15) is 11.4 Å². The number of hydrogen-bond donors (Lipinski definition) is 2. The predicted molar refractivity (Wildman–Crippen MR) is 64.2 cm³/mol. The summed E-state index contributed by atoms with van der Waals surface area (Å²) in [6, 6.07) is 7.42. The van der Waals surface area contributed by atoms with E-state index in [1.807, 2.05) is 24.3 Å². The van der Waals surface area contributed by atoms with Gasteiger partial charge in [0.05, 0.1) is 11.9 Å². The molecule has 82 valence electrons. The van der Waals surface area contributed by atoms with Crippen LogP contribution < -0.4 is 11.5 Å². The summed E-state index contributed by atoms with van der Waals surface area (Å²) >= 11 is 3.38. The SMILES string of the molecule is NC(=O)c1cnn(-c2ccccc2Br)c1N. The summed E-state index contributed by atoms with van der Waals surface area (Å²) in [7, 11) is 0. The van der Waals surface area contributed by atoms with E-state index in [1.54, 1.807) is 0 Å². The van der Waals surface area contributed by atoms with Crippen molar-refractivity contribution < 1.29 is 4.79 Å². The number of nitrogens with two attached hydrogens (primary N) is 2. The molecule has 0 aliphatic carbocycles. The fraction of sp³-hybridized carbons (Fsp3) is 0. The van der Waals surface area contributed by atoms with Gasteiger partial charge >= 0.3 is 0 Å². The van der Waals surface area contributed by atoms with Gasteiger partial charge in [-0.25, -0.2) is 4.68 Å². The van der Waals surface area contributed by atoms with Gasteiger partial charge in [-0.1, -0.05) is 12.1 Å². The molecule has 5 nitrogen and oxygen atoms in total. The van der Waals surface area contributed by atoms with Gasteiger partial charge in [0, 0.05) is 4.47 Å². The maximum atomic E-state index is 11.0. The summed E-state index contributed by atoms with van der Waals surface area (Å²) in [5.74, 6) is -0.352. The Bertz CT molecular complexity index is 550. The molecule has 0 atom stereocenters. The first-order chi connectivity index (χ1) is 7.61. The van der Waals surface area contributed by atoms with Gasteiger partial charge in [-0.05, 0) is 28.1 Å². The van der Waals surface area contributed by atoms with Crippen LogP contribution >= 0.6 is 15.9 Å². The maximum Gasteiger partial charge on any atom is 0.254 e. The monoisotopic (exact) mass is 280 g/mol. The molecule has 0 fully saturated rings. The molecule has 1 aromatic heterocycles. The minimum atomic E-state index is -0.587. The van der Waals surface area contributed by atoms with Crippen molar-refractivity contribution >= 4 is 27.7 Å². The first kappa shape index (κ1) is 10.7. The highest BCUT2D eigenvalue weighted by Crippen LogP contribution is 2.23. The molecule has 2 rings (SSSR count). The van der Waals surface area contributed by atoms with Gasteiger partial charge in [-0.3, -0.25) is 4.79 Å². The molecule has 0 radical (unpaired) electrons. The molecule has 0 bridgehead atoms. The van der Waals surface area contributed by atoms with Gasteiger partial charge < -0.3 is 11.5 Å². The van der Waals surface area contributed by atoms with E-state index in [9.17, 15) is 4.79 Å². The Morgan fingerprint density at radius 3 is 2.62 bits per heavy atom. The average molecular weight is 281 g/mol. The van der Waals surface area contributed by atoms with Gasteiger partial charge in [-0.2, -0.15) is 5.10 Å². The number of benzene rings is 1. The van der Waals surface area contributed by atoms with Crippen molar-refractivity contribution in [3.63, 3.8) is 0 Å². The third-order valence-electron chi connectivity index (χ3n) is 2.15. The summed E-state index contributed by atoms with van der Waals surface area (Å²) in [6.45, 7) is 0. The van der Waals surface area contributed by atoms with Crippen molar-refractivity contribution in [2.24, 2.45) is 5.73 Å². The summed E-state index contributed by atoms with van der Waals surface area (Å²) < 4.78 is 2.30. The van der Waals surface area contributed by atoms with Crippen LogP contribution in [0, 0.1) is 0 Å². The van der Waals surface area contributed by atoms with E-state index in [0.717, 1.165) is 10.2 Å². The molecule has 1 aromatic carbocycles. The summed E-state index contributed by atoms with van der Waals surface area (Å²) in [5, 5.41) is 4.03. The van der Waals surface area contributed by atoms with Crippen LogP contribution in [-0.2, 0) is 0 Å². The lowest BCUT2D eigenvalue weighted by molar-refractivity contribution is 0.100. The Labute approximate surface area is 100 Å². The Balaban J connectivity index is 2.58. The Kier molecular flexibility index (Phi) is 2.66. The van der Waals surface area contributed by atoms with Gasteiger partial charge in [0.25, 0.3) is 5.91 Å². The minimum Gasteiger partial charge on any atom is -0.383 e. The highest BCUT2D eigenvalue weighted by atomic mass is 79.9. The highest BCUT2D eigenvalue weighted by Gasteiger charge is 2.14. The maximum absolute atomic E-state index is 11.0. The van der Waals surface area contributed by atoms with E-state index in [-0.39, 0.29) is 11.4 Å². The van der Waals surface area contributed by atoms with Crippen LogP contribution in [0.15, 0.2) is 34.9 Å². The number of amides is 1. The second-order valence-corrected chi connectivity index (χ2v) is 4.03. The van der Waals surface area contributed by atoms with E-state index < -0.39 is 5.91 Å². The van der Waals surface area contributed by atoms with Crippen LogP contribution in [0.4, 0.5) is 5.82 Å². The molecule has 2 aromatic rings. The van der Waals surface area contributed by atoms with E-state index in [4.69, 9.17) is 11.5 Å². The van der Waals surface area contributed by atoms with Crippen LogP contribution in [0.3, 0.4) is 0 Å². The Morgan fingerprint density at radius 2 is 2.06 bits per heavy atom. The second kappa shape index (κ2) is 3.97. The molecule has 1 heterocycles. The molecule has 0 saturated carbocycles. The standard InChI is InChI=1S/C10H9BrN4O/c11-7-3-1-2-4-8(7)15-9(12)6(5-14-15)10(13)16/h1-5H,12H2,(H2,13,16). The molecule has 0 saturated heterocycles. The number of nitrogen functional groups attached to an aromatic ring is 1. The van der Waals surface area contributed by atoms with E-state index in [2.05, 4.69) is 21.0 Å². The number of rotatable bonds is 2. The van der Waals surface area contributed by atoms with Crippen molar-refractivity contribution in [2.75, 3.05) is 5.73 Å². The van der Waals surface area contributed by atoms with Crippen molar-refractivity contribution in [2.45, 2.75) is 0 Å². The predicted octanol–water partition coefficient (Wildman–Crippen LogP) is 1.32. The largest absolute Gasteiger partial charge is 0.383 e. The first-order valence-corrected chi connectivity index (χ1v) is 5.28. The third kappa shape index (κ3) is 1.67. The lowest BCUT2D eigenvalue weighted by Gasteiger charge is -2.06. The minimum absolute atomic E-state index is 0.218. The summed E-state index contributed by atoms with van der Waals surface area (Å²) in [4.78, 5) is 11.0. The number of para-hydroxylation sites is 1. The molecule has 4 N–H and O–H groups in total. The first-order valence-electron chi connectivity index (χ1n) is 4.49. The van der Waals surface area contributed by atoms with Crippen LogP contribution in [0.2, 0.25) is 0 Å². The third-order valence-corrected chi connectivity index (χ3v) is 2.82. The number of nitrogens with zero attached hydrogens (tertiary/aromatic N) is 2. The van der Waals surface area contributed by atoms with Crippen LogP contribution in [0.5, 0.6) is 0 Å². The summed E-state index contributed by atoms with van der Waals surface area (Å²) in [6.07, 6.45) is 1.36. The van der Waals surface area contributed by atoms with E-state index >= 15 is 0 Å². The van der Waals surface area contributed by atoms with Crippen molar-refractivity contribution in [1.82, 2.24) is 9.78 Å². The molecule has 0 aliphatic rings. The van der Waals surface area contributed by atoms with Crippen LogP contribution in [0.1, 0.15) is 10.4 Å².